The molecule has 30 heavy (non-hydrogen) atoms. The van der Waals surface area contributed by atoms with Gasteiger partial charge in [0.15, 0.2) is 10.0 Å². The molecule has 0 N–H and O–H groups in total. The molecule has 3 rings (SSSR count). The van der Waals surface area contributed by atoms with Crippen LogP contribution in [0.1, 0.15) is 13.8 Å². The van der Waals surface area contributed by atoms with Crippen LogP contribution in [0.15, 0.2) is 53.9 Å². The van der Waals surface area contributed by atoms with Crippen LogP contribution in [0.3, 0.4) is 0 Å². The van der Waals surface area contributed by atoms with Gasteiger partial charge >= 0.3 is 11.6 Å². The van der Waals surface area contributed by atoms with Crippen LogP contribution < -0.4 is 18.9 Å². The number of aromatic nitrogens is 3. The van der Waals surface area contributed by atoms with E-state index in [1.54, 1.807) is 11.8 Å². The average Bonchev–Trinajstić information content (AvgIpc) is 2.71. The number of nitrogens with zero attached hydrogens (tertiary/aromatic N) is 5. The average molecular weight is 464 g/mol. The molecule has 0 saturated carbocycles. The lowest BCUT2D eigenvalue weighted by Gasteiger charge is -2.14. The predicted octanol–water partition coefficient (Wildman–Crippen LogP) is 4.57. The van der Waals surface area contributed by atoms with Gasteiger partial charge in [0, 0.05) is 74.1 Å². The van der Waals surface area contributed by atoms with Gasteiger partial charge in [-0.2, -0.15) is 0 Å². The van der Waals surface area contributed by atoms with Crippen molar-refractivity contribution in [3.63, 3.8) is 0 Å². The smallest absolute Gasteiger partial charge is 0.352 e. The Morgan fingerprint density at radius 3 is 1.43 bits per heavy atom. The van der Waals surface area contributed by atoms with E-state index in [2.05, 4.69) is 23.6 Å². The maximum absolute atomic E-state index is 6.81. The van der Waals surface area contributed by atoms with E-state index in [-0.39, 0.29) is 0 Å². The van der Waals surface area contributed by atoms with Crippen LogP contribution >= 0.6 is 35.0 Å². The van der Waals surface area contributed by atoms with Crippen LogP contribution in [0.25, 0.3) is 11.6 Å². The summed E-state index contributed by atoms with van der Waals surface area (Å²) in [5.41, 5.74) is 2.20. The van der Waals surface area contributed by atoms with E-state index in [1.807, 2.05) is 86.4 Å². The molecule has 3 heterocycles. The second-order valence-electron chi connectivity index (χ2n) is 7.60. The van der Waals surface area contributed by atoms with E-state index in [1.165, 1.54) is 0 Å². The van der Waals surface area contributed by atoms with Crippen molar-refractivity contribution in [2.75, 3.05) is 38.0 Å². The van der Waals surface area contributed by atoms with Crippen LogP contribution in [-0.4, -0.2) is 38.4 Å². The summed E-state index contributed by atoms with van der Waals surface area (Å²) < 4.78 is 3.85. The van der Waals surface area contributed by atoms with E-state index in [4.69, 9.17) is 28.2 Å². The summed E-state index contributed by atoms with van der Waals surface area (Å²) >= 11 is 15.3. The molecule has 0 aliphatic heterocycles. The number of thioether (sulfide) groups is 1. The Morgan fingerprint density at radius 1 is 0.767 bits per heavy atom. The molecule has 3 aromatic heterocycles. The SMILES string of the molecule is CC(C)Sc1c(Cl)c(-[n+]2ccc(N(C)C)cc2)nc(-[n+]2ccc(N(C)C)cc2)c1Cl. The quantitative estimate of drug-likeness (QED) is 0.395. The molecule has 0 fully saturated rings. The number of anilines is 2. The van der Waals surface area contributed by atoms with Crippen LogP contribution in [0, 0.1) is 0 Å². The Kier molecular flexibility index (Phi) is 7.11. The van der Waals surface area contributed by atoms with Crippen molar-refractivity contribution in [2.24, 2.45) is 0 Å². The Bertz CT molecular complexity index is 943. The van der Waals surface area contributed by atoms with Crippen molar-refractivity contribution in [1.82, 2.24) is 4.98 Å². The minimum absolute atomic E-state index is 0.324. The van der Waals surface area contributed by atoms with Crippen LogP contribution in [0.4, 0.5) is 11.4 Å². The van der Waals surface area contributed by atoms with Gasteiger partial charge in [-0.15, -0.1) is 11.8 Å². The zero-order chi connectivity index (χ0) is 22.0. The standard InChI is InChI=1S/C22H27Cl2N5S/c1-15(2)30-20-18(23)21(28-11-7-16(8-12-28)26(3)4)25-22(19(20)24)29-13-9-17(10-14-29)27(5)6/h7-15H,1-6H3/q+2. The molecular weight excluding hydrogens is 437 g/mol. The zero-order valence-corrected chi connectivity index (χ0v) is 20.4. The van der Waals surface area contributed by atoms with Crippen LogP contribution in [0.5, 0.6) is 0 Å². The summed E-state index contributed by atoms with van der Waals surface area (Å²) in [7, 11) is 8.04. The summed E-state index contributed by atoms with van der Waals surface area (Å²) in [5.74, 6) is 1.29. The van der Waals surface area contributed by atoms with Crippen molar-refractivity contribution in [2.45, 2.75) is 24.0 Å². The van der Waals surface area contributed by atoms with Gasteiger partial charge < -0.3 is 9.80 Å². The molecule has 0 saturated heterocycles. The number of rotatable bonds is 6. The molecule has 0 aliphatic carbocycles. The van der Waals surface area contributed by atoms with E-state index >= 15 is 0 Å². The Labute approximate surface area is 192 Å². The highest BCUT2D eigenvalue weighted by atomic mass is 35.5. The molecule has 5 nitrogen and oxygen atoms in total. The number of halogens is 2. The van der Waals surface area contributed by atoms with Gasteiger partial charge in [-0.05, 0) is 0 Å². The van der Waals surface area contributed by atoms with Gasteiger partial charge in [0.05, 0.1) is 29.7 Å². The van der Waals surface area contributed by atoms with Gasteiger partial charge in [-0.1, -0.05) is 37.0 Å². The van der Waals surface area contributed by atoms with Crippen molar-refractivity contribution in [3.8, 4) is 11.6 Å². The third-order valence-corrected chi connectivity index (χ3v) is 6.56. The second-order valence-corrected chi connectivity index (χ2v) is 9.94. The third-order valence-electron chi connectivity index (χ3n) is 4.50. The molecule has 3 aromatic rings. The zero-order valence-electron chi connectivity index (χ0n) is 18.1. The molecule has 0 aromatic carbocycles. The maximum Gasteiger partial charge on any atom is 0.352 e. The molecule has 8 heteroatoms. The van der Waals surface area contributed by atoms with E-state index in [9.17, 15) is 0 Å². The Morgan fingerprint density at radius 2 is 1.13 bits per heavy atom. The van der Waals surface area contributed by atoms with Crippen molar-refractivity contribution < 1.29 is 9.13 Å². The highest BCUT2D eigenvalue weighted by Crippen LogP contribution is 2.39. The molecule has 0 spiro atoms. The first-order valence-corrected chi connectivity index (χ1v) is 11.3. The van der Waals surface area contributed by atoms with Gasteiger partial charge in [0.25, 0.3) is 0 Å². The van der Waals surface area contributed by atoms with Gasteiger partial charge in [0.1, 0.15) is 0 Å². The first kappa shape index (κ1) is 22.7. The van der Waals surface area contributed by atoms with Gasteiger partial charge in [0.2, 0.25) is 0 Å². The predicted molar refractivity (Wildman–Crippen MR) is 127 cm³/mol. The summed E-state index contributed by atoms with van der Waals surface area (Å²) in [4.78, 5) is 9.79. The minimum atomic E-state index is 0.324. The lowest BCUT2D eigenvalue weighted by Crippen LogP contribution is -2.37. The topological polar surface area (TPSA) is 27.1 Å². The molecule has 0 aliphatic rings. The molecule has 0 atom stereocenters. The fraction of sp³-hybridized carbons (Fsp3) is 0.318. The Hall–Kier alpha value is -2.02. The second kappa shape index (κ2) is 9.41. The Balaban J connectivity index is 2.18. The highest BCUT2D eigenvalue weighted by Gasteiger charge is 2.29. The molecule has 0 amide bonds. The number of hydrogen-bond donors (Lipinski definition) is 0. The summed E-state index contributed by atoms with van der Waals surface area (Å²) in [6.45, 7) is 4.24. The number of hydrogen-bond acceptors (Lipinski definition) is 4. The molecule has 158 valence electrons. The first-order valence-electron chi connectivity index (χ1n) is 9.62. The van der Waals surface area contributed by atoms with Crippen molar-refractivity contribution in [3.05, 3.63) is 59.1 Å². The van der Waals surface area contributed by atoms with Crippen molar-refractivity contribution in [1.29, 1.82) is 0 Å². The summed E-state index contributed by atoms with van der Waals surface area (Å²) in [6, 6.07) is 8.11. The largest absolute Gasteiger partial charge is 0.377 e. The van der Waals surface area contributed by atoms with Crippen LogP contribution in [0.2, 0.25) is 10.0 Å². The van der Waals surface area contributed by atoms with E-state index in [0.717, 1.165) is 16.3 Å². The molecule has 0 bridgehead atoms. The normalized spacial score (nSPS) is 11.1. The summed E-state index contributed by atoms with van der Waals surface area (Å²) in [5, 5.41) is 1.43. The van der Waals surface area contributed by atoms with E-state index < -0.39 is 0 Å². The first-order chi connectivity index (χ1) is 14.2. The lowest BCUT2D eigenvalue weighted by atomic mass is 10.3. The maximum atomic E-state index is 6.81. The number of pyridine rings is 3. The minimum Gasteiger partial charge on any atom is -0.377 e. The fourth-order valence-electron chi connectivity index (χ4n) is 2.90. The molecule has 0 radical (unpaired) electrons. The van der Waals surface area contributed by atoms with Gasteiger partial charge in [-0.25, -0.2) is 9.13 Å². The van der Waals surface area contributed by atoms with Gasteiger partial charge in [-0.3, -0.25) is 0 Å². The highest BCUT2D eigenvalue weighted by molar-refractivity contribution is 8.00. The van der Waals surface area contributed by atoms with Crippen molar-refractivity contribution >= 4 is 46.3 Å². The third kappa shape index (κ3) is 4.82. The fourth-order valence-corrected chi connectivity index (χ4v) is 4.54. The lowest BCUT2D eigenvalue weighted by molar-refractivity contribution is -0.611. The monoisotopic (exact) mass is 463 g/mol. The molecular formula is C22H27Cl2N5S+2. The van der Waals surface area contributed by atoms with Crippen LogP contribution in [-0.2, 0) is 0 Å². The summed E-state index contributed by atoms with van der Waals surface area (Å²) in [6.07, 6.45) is 7.85. The van der Waals surface area contributed by atoms with E-state index in [0.29, 0.717) is 26.9 Å². The molecule has 0 unspecified atom stereocenters.